The number of hydrogen-bond donors (Lipinski definition) is 1. The summed E-state index contributed by atoms with van der Waals surface area (Å²) in [6.07, 6.45) is 6.93. The highest BCUT2D eigenvalue weighted by atomic mass is 35.5. The van der Waals surface area contributed by atoms with Crippen molar-refractivity contribution in [2.75, 3.05) is 0 Å². The van der Waals surface area contributed by atoms with Crippen LogP contribution in [0.5, 0.6) is 0 Å². The summed E-state index contributed by atoms with van der Waals surface area (Å²) >= 11 is 5.99. The van der Waals surface area contributed by atoms with Gasteiger partial charge in [-0.05, 0) is 36.3 Å². The Labute approximate surface area is 158 Å². The van der Waals surface area contributed by atoms with Crippen LogP contribution < -0.4 is 5.32 Å². The molecule has 1 heterocycles. The molecule has 0 aliphatic carbocycles. The van der Waals surface area contributed by atoms with Crippen molar-refractivity contribution in [1.29, 1.82) is 0 Å². The number of carbonyl (C=O) groups is 1. The number of halogens is 1. The molecule has 1 N–H and O–H groups in total. The number of aromatic nitrogens is 2. The molecule has 0 aliphatic rings. The molecule has 5 heteroatoms. The molecule has 132 valence electrons. The molecule has 26 heavy (non-hydrogen) atoms. The van der Waals surface area contributed by atoms with Crippen LogP contribution in [0.1, 0.15) is 29.7 Å². The molecule has 0 bridgehead atoms. The molecule has 2 aromatic carbocycles. The molecule has 1 atom stereocenters. The second kappa shape index (κ2) is 8.50. The van der Waals surface area contributed by atoms with Gasteiger partial charge in [0.05, 0.1) is 18.8 Å². The van der Waals surface area contributed by atoms with Gasteiger partial charge in [-0.3, -0.25) is 9.48 Å². The number of nitrogens with zero attached hydrogens (tertiary/aromatic N) is 2. The summed E-state index contributed by atoms with van der Waals surface area (Å²) in [6.45, 7) is 2.63. The van der Waals surface area contributed by atoms with Gasteiger partial charge >= 0.3 is 0 Å². The van der Waals surface area contributed by atoms with E-state index in [2.05, 4.69) is 22.5 Å². The van der Waals surface area contributed by atoms with Gasteiger partial charge in [0, 0.05) is 22.9 Å². The zero-order chi connectivity index (χ0) is 18.4. The Hall–Kier alpha value is -2.85. The van der Waals surface area contributed by atoms with Gasteiger partial charge in [0.1, 0.15) is 0 Å². The molecule has 0 saturated heterocycles. The van der Waals surface area contributed by atoms with E-state index in [0.29, 0.717) is 11.6 Å². The molecule has 3 aromatic rings. The second-order valence-electron chi connectivity index (χ2n) is 6.08. The monoisotopic (exact) mass is 365 g/mol. The molecule has 0 spiro atoms. The van der Waals surface area contributed by atoms with Crippen LogP contribution in [-0.2, 0) is 11.3 Å². The predicted molar refractivity (Wildman–Crippen MR) is 105 cm³/mol. The first-order chi connectivity index (χ1) is 12.6. The number of hydrogen-bond acceptors (Lipinski definition) is 2. The third kappa shape index (κ3) is 5.07. The van der Waals surface area contributed by atoms with Crippen LogP contribution in [0.3, 0.4) is 0 Å². The molecular weight excluding hydrogens is 346 g/mol. The molecular formula is C21H20ClN3O. The fourth-order valence-corrected chi connectivity index (χ4v) is 2.81. The summed E-state index contributed by atoms with van der Waals surface area (Å²) in [4.78, 5) is 12.1. The summed E-state index contributed by atoms with van der Waals surface area (Å²) in [5.41, 5.74) is 3.03. The van der Waals surface area contributed by atoms with Crippen molar-refractivity contribution in [2.45, 2.75) is 19.5 Å². The zero-order valence-corrected chi connectivity index (χ0v) is 15.2. The first-order valence-corrected chi connectivity index (χ1v) is 8.78. The summed E-state index contributed by atoms with van der Waals surface area (Å²) < 4.78 is 1.85. The van der Waals surface area contributed by atoms with Gasteiger partial charge < -0.3 is 5.32 Å². The van der Waals surface area contributed by atoms with E-state index in [1.807, 2.05) is 60.3 Å². The maximum absolute atomic E-state index is 12.1. The van der Waals surface area contributed by atoms with Gasteiger partial charge in [-0.25, -0.2) is 0 Å². The first-order valence-electron chi connectivity index (χ1n) is 8.40. The average molecular weight is 366 g/mol. The summed E-state index contributed by atoms with van der Waals surface area (Å²) in [7, 11) is 0. The second-order valence-corrected chi connectivity index (χ2v) is 6.51. The zero-order valence-electron chi connectivity index (χ0n) is 14.5. The van der Waals surface area contributed by atoms with Gasteiger partial charge in [-0.1, -0.05) is 54.1 Å². The standard InChI is InChI=1S/C21H20ClN3O/c1-16(19-8-5-9-20(22)12-19)24-21(26)11-10-18-13-23-25(15-18)14-17-6-3-2-4-7-17/h2-13,15-16H,14H2,1H3,(H,24,26)/b11-10+/t16-/m0/s1. The van der Waals surface area contributed by atoms with Crippen molar-refractivity contribution < 1.29 is 4.79 Å². The van der Waals surface area contributed by atoms with E-state index >= 15 is 0 Å². The number of carbonyl (C=O) groups excluding carboxylic acids is 1. The van der Waals surface area contributed by atoms with Gasteiger partial charge in [-0.2, -0.15) is 5.10 Å². The lowest BCUT2D eigenvalue weighted by molar-refractivity contribution is -0.117. The highest BCUT2D eigenvalue weighted by Crippen LogP contribution is 2.17. The Morgan fingerprint density at radius 2 is 2.04 bits per heavy atom. The molecule has 4 nitrogen and oxygen atoms in total. The van der Waals surface area contributed by atoms with E-state index in [9.17, 15) is 4.79 Å². The Balaban J connectivity index is 1.57. The van der Waals surface area contributed by atoms with Crippen LogP contribution in [0, 0.1) is 0 Å². The lowest BCUT2D eigenvalue weighted by Crippen LogP contribution is -2.24. The third-order valence-electron chi connectivity index (χ3n) is 3.98. The highest BCUT2D eigenvalue weighted by Gasteiger charge is 2.08. The summed E-state index contributed by atoms with van der Waals surface area (Å²) in [5.74, 6) is -0.159. The molecule has 0 aliphatic heterocycles. The third-order valence-corrected chi connectivity index (χ3v) is 4.21. The normalized spacial score (nSPS) is 12.2. The van der Waals surface area contributed by atoms with Crippen LogP contribution in [0.4, 0.5) is 0 Å². The van der Waals surface area contributed by atoms with Crippen molar-refractivity contribution in [3.8, 4) is 0 Å². The molecule has 0 radical (unpaired) electrons. The fraction of sp³-hybridized carbons (Fsp3) is 0.143. The lowest BCUT2D eigenvalue weighted by atomic mass is 10.1. The van der Waals surface area contributed by atoms with E-state index in [1.54, 1.807) is 12.3 Å². The number of nitrogens with one attached hydrogen (secondary N) is 1. The quantitative estimate of drug-likeness (QED) is 0.655. The Morgan fingerprint density at radius 1 is 1.23 bits per heavy atom. The Kier molecular flexibility index (Phi) is 5.87. The molecule has 1 amide bonds. The van der Waals surface area contributed by atoms with Crippen molar-refractivity contribution in [1.82, 2.24) is 15.1 Å². The van der Waals surface area contributed by atoms with Crippen molar-refractivity contribution in [3.63, 3.8) is 0 Å². The van der Waals surface area contributed by atoms with Gasteiger partial charge in [-0.15, -0.1) is 0 Å². The van der Waals surface area contributed by atoms with Gasteiger partial charge in [0.2, 0.25) is 5.91 Å². The fourth-order valence-electron chi connectivity index (χ4n) is 2.62. The van der Waals surface area contributed by atoms with Crippen molar-refractivity contribution in [2.24, 2.45) is 0 Å². The highest BCUT2D eigenvalue weighted by molar-refractivity contribution is 6.30. The van der Waals surface area contributed by atoms with Gasteiger partial charge in [0.15, 0.2) is 0 Å². The van der Waals surface area contributed by atoms with E-state index in [0.717, 1.165) is 11.1 Å². The summed E-state index contributed by atoms with van der Waals surface area (Å²) in [5, 5.41) is 7.91. The minimum atomic E-state index is -0.159. The molecule has 3 rings (SSSR count). The van der Waals surface area contributed by atoms with Crippen LogP contribution in [0.15, 0.2) is 73.1 Å². The molecule has 0 unspecified atom stereocenters. The maximum atomic E-state index is 12.1. The van der Waals surface area contributed by atoms with Crippen LogP contribution in [0.25, 0.3) is 6.08 Å². The number of rotatable bonds is 6. The van der Waals surface area contributed by atoms with Gasteiger partial charge in [0.25, 0.3) is 0 Å². The van der Waals surface area contributed by atoms with Crippen molar-refractivity contribution >= 4 is 23.6 Å². The number of amides is 1. The average Bonchev–Trinajstić information content (AvgIpc) is 3.08. The SMILES string of the molecule is C[C@H](NC(=O)/C=C/c1cnn(Cc2ccccc2)c1)c1cccc(Cl)c1. The maximum Gasteiger partial charge on any atom is 0.244 e. The van der Waals surface area contributed by atoms with E-state index in [1.165, 1.54) is 11.6 Å². The minimum Gasteiger partial charge on any atom is -0.346 e. The Morgan fingerprint density at radius 3 is 2.81 bits per heavy atom. The van der Waals surface area contributed by atoms with E-state index in [-0.39, 0.29) is 11.9 Å². The minimum absolute atomic E-state index is 0.119. The summed E-state index contributed by atoms with van der Waals surface area (Å²) in [6, 6.07) is 17.5. The van der Waals surface area contributed by atoms with E-state index < -0.39 is 0 Å². The topological polar surface area (TPSA) is 46.9 Å². The number of benzene rings is 2. The molecule has 1 aromatic heterocycles. The van der Waals surface area contributed by atoms with E-state index in [4.69, 9.17) is 11.6 Å². The lowest BCUT2D eigenvalue weighted by Gasteiger charge is -2.13. The van der Waals surface area contributed by atoms with Crippen molar-refractivity contribution in [3.05, 3.63) is 94.8 Å². The Bertz CT molecular complexity index is 902. The smallest absolute Gasteiger partial charge is 0.244 e. The molecule has 0 fully saturated rings. The van der Waals surface area contributed by atoms with Crippen LogP contribution in [0.2, 0.25) is 5.02 Å². The molecule has 0 saturated carbocycles. The first kappa shape index (κ1) is 18.0. The predicted octanol–water partition coefficient (Wildman–Crippen LogP) is 4.48. The van der Waals surface area contributed by atoms with Crippen LogP contribution >= 0.6 is 11.6 Å². The largest absolute Gasteiger partial charge is 0.346 e. The van der Waals surface area contributed by atoms with Crippen LogP contribution in [-0.4, -0.2) is 15.7 Å².